The van der Waals surface area contributed by atoms with E-state index in [2.05, 4.69) is 16.2 Å². The number of carbonyl (C=O) groups excluding carboxylic acids is 3. The van der Waals surface area contributed by atoms with E-state index in [1.807, 2.05) is 0 Å². The highest BCUT2D eigenvalue weighted by Crippen LogP contribution is 2.26. The van der Waals surface area contributed by atoms with Crippen LogP contribution in [0.4, 0.5) is 11.4 Å². The zero-order chi connectivity index (χ0) is 22.3. The largest absolute Gasteiger partial charge is 0.474 e. The Morgan fingerprint density at radius 1 is 0.933 bits per heavy atom. The van der Waals surface area contributed by atoms with Gasteiger partial charge in [0.15, 0.2) is 11.9 Å². The van der Waals surface area contributed by atoms with Gasteiger partial charge in [0.25, 0.3) is 11.8 Å². The number of hydrogen-bond acceptors (Lipinski definition) is 6. The molecule has 0 aliphatic heterocycles. The van der Waals surface area contributed by atoms with Gasteiger partial charge in [-0.2, -0.15) is 0 Å². The number of carbonyl (C=O) groups is 3. The Hall–Kier alpha value is -3.95. The molecule has 3 N–H and O–H groups in total. The van der Waals surface area contributed by atoms with Crippen LogP contribution in [0.25, 0.3) is 0 Å². The normalized spacial score (nSPS) is 11.3. The van der Waals surface area contributed by atoms with Gasteiger partial charge in [0.1, 0.15) is 0 Å². The van der Waals surface area contributed by atoms with E-state index in [4.69, 9.17) is 4.74 Å². The number of ether oxygens (including phenoxy) is 1. The highest BCUT2D eigenvalue weighted by Gasteiger charge is 2.21. The molecule has 0 saturated carbocycles. The zero-order valence-electron chi connectivity index (χ0n) is 16.7. The predicted octanol–water partition coefficient (Wildman–Crippen LogP) is 2.42. The Balaban J connectivity index is 1.90. The van der Waals surface area contributed by atoms with Crippen LogP contribution in [0.5, 0.6) is 5.75 Å². The van der Waals surface area contributed by atoms with Crippen LogP contribution in [0.15, 0.2) is 48.5 Å². The number of benzene rings is 2. The van der Waals surface area contributed by atoms with E-state index in [0.29, 0.717) is 5.69 Å². The van der Waals surface area contributed by atoms with Crippen LogP contribution >= 0.6 is 0 Å². The summed E-state index contributed by atoms with van der Waals surface area (Å²) >= 11 is 0. The van der Waals surface area contributed by atoms with Gasteiger partial charge in [0.05, 0.1) is 4.92 Å². The monoisotopic (exact) mass is 414 g/mol. The summed E-state index contributed by atoms with van der Waals surface area (Å²) in [7, 11) is 0. The molecule has 0 aliphatic rings. The Kier molecular flexibility index (Phi) is 7.45. The van der Waals surface area contributed by atoms with Gasteiger partial charge in [0.2, 0.25) is 5.91 Å². The summed E-state index contributed by atoms with van der Waals surface area (Å²) in [6, 6.07) is 11.8. The van der Waals surface area contributed by atoms with Crippen molar-refractivity contribution in [2.75, 3.05) is 5.32 Å². The third kappa shape index (κ3) is 6.03. The number of hydrogen-bond donors (Lipinski definition) is 3. The molecular weight excluding hydrogens is 392 g/mol. The predicted molar refractivity (Wildman–Crippen MR) is 109 cm³/mol. The van der Waals surface area contributed by atoms with Crippen LogP contribution < -0.4 is 20.9 Å². The first kappa shape index (κ1) is 22.3. The molecule has 158 valence electrons. The fourth-order valence-electron chi connectivity index (χ4n) is 2.24. The third-order valence-corrected chi connectivity index (χ3v) is 3.97. The van der Waals surface area contributed by atoms with Crippen molar-refractivity contribution >= 4 is 29.1 Å². The van der Waals surface area contributed by atoms with Crippen molar-refractivity contribution in [2.24, 2.45) is 5.92 Å². The lowest BCUT2D eigenvalue weighted by atomic mass is 10.1. The summed E-state index contributed by atoms with van der Waals surface area (Å²) in [5.41, 5.74) is 4.97. The quantitative estimate of drug-likeness (QED) is 0.470. The Labute approximate surface area is 172 Å². The van der Waals surface area contributed by atoms with Crippen molar-refractivity contribution in [3.63, 3.8) is 0 Å². The third-order valence-electron chi connectivity index (χ3n) is 3.97. The number of nitrogens with one attached hydrogen (secondary N) is 3. The van der Waals surface area contributed by atoms with Crippen LogP contribution in [-0.2, 0) is 9.59 Å². The fourth-order valence-corrected chi connectivity index (χ4v) is 2.24. The van der Waals surface area contributed by atoms with Crippen molar-refractivity contribution in [3.8, 4) is 5.75 Å². The molecular formula is C20H22N4O6. The van der Waals surface area contributed by atoms with Gasteiger partial charge >= 0.3 is 5.69 Å². The number of nitrogens with zero attached hydrogens (tertiary/aromatic N) is 1. The number of amides is 3. The average molecular weight is 414 g/mol. The smallest absolute Gasteiger partial charge is 0.310 e. The molecule has 1 atom stereocenters. The minimum absolute atomic E-state index is 0.0597. The summed E-state index contributed by atoms with van der Waals surface area (Å²) in [4.78, 5) is 46.4. The molecule has 2 rings (SSSR count). The summed E-state index contributed by atoms with van der Waals surface area (Å²) in [5, 5.41) is 13.7. The van der Waals surface area contributed by atoms with Crippen molar-refractivity contribution in [3.05, 3.63) is 64.2 Å². The Morgan fingerprint density at radius 3 is 2.17 bits per heavy atom. The van der Waals surface area contributed by atoms with E-state index in [0.717, 1.165) is 0 Å². The minimum atomic E-state index is -1.10. The molecule has 30 heavy (non-hydrogen) atoms. The number of para-hydroxylation sites is 2. The first-order valence-electron chi connectivity index (χ1n) is 9.10. The summed E-state index contributed by atoms with van der Waals surface area (Å²) in [5.74, 6) is -1.65. The van der Waals surface area contributed by atoms with Gasteiger partial charge in [0, 0.05) is 23.2 Å². The van der Waals surface area contributed by atoms with E-state index in [9.17, 15) is 24.5 Å². The van der Waals surface area contributed by atoms with Gasteiger partial charge in [-0.3, -0.25) is 35.3 Å². The van der Waals surface area contributed by atoms with Gasteiger partial charge < -0.3 is 10.1 Å². The van der Waals surface area contributed by atoms with Gasteiger partial charge in [-0.25, -0.2) is 0 Å². The van der Waals surface area contributed by atoms with Crippen molar-refractivity contribution in [1.29, 1.82) is 0 Å². The molecule has 0 aliphatic carbocycles. The van der Waals surface area contributed by atoms with Crippen LogP contribution in [0.1, 0.15) is 31.1 Å². The van der Waals surface area contributed by atoms with Crippen LogP contribution in [-0.4, -0.2) is 28.7 Å². The number of nitro groups is 1. The van der Waals surface area contributed by atoms with Crippen LogP contribution in [0.3, 0.4) is 0 Å². The van der Waals surface area contributed by atoms with E-state index in [1.54, 1.807) is 32.0 Å². The van der Waals surface area contributed by atoms with Crippen molar-refractivity contribution in [1.82, 2.24) is 10.9 Å². The number of hydrazine groups is 1. The second-order valence-corrected chi connectivity index (χ2v) is 6.65. The molecule has 10 heteroatoms. The second-order valence-electron chi connectivity index (χ2n) is 6.65. The van der Waals surface area contributed by atoms with Gasteiger partial charge in [-0.1, -0.05) is 26.0 Å². The molecule has 0 radical (unpaired) electrons. The van der Waals surface area contributed by atoms with Gasteiger partial charge in [-0.15, -0.1) is 0 Å². The average Bonchev–Trinajstić information content (AvgIpc) is 2.72. The number of nitro benzene ring substituents is 1. The van der Waals surface area contributed by atoms with E-state index in [1.165, 1.54) is 37.3 Å². The molecule has 0 unspecified atom stereocenters. The fraction of sp³-hybridized carbons (Fsp3) is 0.250. The molecule has 0 aromatic heterocycles. The minimum Gasteiger partial charge on any atom is -0.474 e. The maximum atomic E-state index is 12.2. The molecule has 0 saturated heterocycles. The van der Waals surface area contributed by atoms with Crippen LogP contribution in [0.2, 0.25) is 0 Å². The van der Waals surface area contributed by atoms with Gasteiger partial charge in [-0.05, 0) is 37.3 Å². The summed E-state index contributed by atoms with van der Waals surface area (Å²) in [6.07, 6.45) is -1.10. The number of rotatable bonds is 7. The van der Waals surface area contributed by atoms with Crippen molar-refractivity contribution < 1.29 is 24.0 Å². The molecule has 0 bridgehead atoms. The first-order chi connectivity index (χ1) is 14.2. The molecule has 0 spiro atoms. The lowest BCUT2D eigenvalue weighted by molar-refractivity contribution is -0.386. The standard InChI is InChI=1S/C20H22N4O6/c1-12(2)18(25)21-15-10-8-14(9-11-15)20(27)23-22-19(26)13(3)30-17-7-5-4-6-16(17)24(28)29/h4-13H,1-3H3,(H,21,25)(H,22,26)(H,23,27)/t13-/m1/s1. The highest BCUT2D eigenvalue weighted by atomic mass is 16.6. The summed E-state index contributed by atoms with van der Waals surface area (Å²) < 4.78 is 5.33. The van der Waals surface area contributed by atoms with Crippen molar-refractivity contribution in [2.45, 2.75) is 26.9 Å². The molecule has 10 nitrogen and oxygen atoms in total. The number of anilines is 1. The first-order valence-corrected chi connectivity index (χ1v) is 9.10. The molecule has 2 aromatic rings. The summed E-state index contributed by atoms with van der Waals surface area (Å²) in [6.45, 7) is 4.92. The topological polar surface area (TPSA) is 140 Å². The molecule has 0 fully saturated rings. The second kappa shape index (κ2) is 10.0. The van der Waals surface area contributed by atoms with E-state index < -0.39 is 22.8 Å². The lowest BCUT2D eigenvalue weighted by Gasteiger charge is -2.15. The Bertz CT molecular complexity index is 943. The molecule has 3 amide bonds. The van der Waals surface area contributed by atoms with E-state index in [-0.39, 0.29) is 28.8 Å². The lowest BCUT2D eigenvalue weighted by Crippen LogP contribution is -2.47. The zero-order valence-corrected chi connectivity index (χ0v) is 16.7. The SMILES string of the molecule is CC(C)C(=O)Nc1ccc(C(=O)NNC(=O)[C@@H](C)Oc2ccccc2[N+](=O)[O-])cc1. The van der Waals surface area contributed by atoms with E-state index >= 15 is 0 Å². The van der Waals surface area contributed by atoms with Crippen LogP contribution in [0, 0.1) is 16.0 Å². The maximum absolute atomic E-state index is 12.2. The molecule has 2 aromatic carbocycles. The highest BCUT2D eigenvalue weighted by molar-refractivity contribution is 5.97. The maximum Gasteiger partial charge on any atom is 0.310 e. The molecule has 0 heterocycles. The Morgan fingerprint density at radius 2 is 1.57 bits per heavy atom.